The monoisotopic (exact) mass is 522 g/mol. The summed E-state index contributed by atoms with van der Waals surface area (Å²) >= 11 is 0. The van der Waals surface area contributed by atoms with Gasteiger partial charge in [-0.1, -0.05) is 109 Å². The molecule has 0 bridgehead atoms. The van der Waals surface area contributed by atoms with Crippen LogP contribution in [0.1, 0.15) is 13.7 Å². The van der Waals surface area contributed by atoms with E-state index < -0.39 is 77.3 Å². The molecule has 40 heavy (non-hydrogen) atoms. The average Bonchev–Trinajstić information content (AvgIpc) is 3.13. The zero-order valence-corrected chi connectivity index (χ0v) is 20.9. The van der Waals surface area contributed by atoms with E-state index in [1.54, 1.807) is 12.1 Å². The first-order chi connectivity index (χ1) is 23.9. The summed E-state index contributed by atoms with van der Waals surface area (Å²) in [6.45, 7) is 0. The lowest BCUT2D eigenvalue weighted by Crippen LogP contribution is -1.98. The molecule has 8 rings (SSSR count). The van der Waals surface area contributed by atoms with E-state index in [4.69, 9.17) is 18.4 Å². The van der Waals surface area contributed by atoms with Gasteiger partial charge in [0.2, 0.25) is 0 Å². The molecular weight excluding hydrogens is 488 g/mol. The van der Waals surface area contributed by atoms with Gasteiger partial charge in [-0.15, -0.1) is 0 Å². The Hall–Kier alpha value is -5.34. The van der Waals surface area contributed by atoms with Crippen LogP contribution < -0.4 is 4.74 Å². The number of hydrogen-bond acceptors (Lipinski definition) is 2. The minimum absolute atomic E-state index is 0.0136. The van der Waals surface area contributed by atoms with Crippen molar-refractivity contribution in [3.8, 4) is 61.8 Å². The highest BCUT2D eigenvalue weighted by molar-refractivity contribution is 6.10. The first-order valence-electron chi connectivity index (χ1n) is 17.7. The zero-order chi connectivity index (χ0) is 35.3. The Labute approximate surface area is 246 Å². The van der Waals surface area contributed by atoms with Gasteiger partial charge in [0.25, 0.3) is 0 Å². The van der Waals surface area contributed by atoms with E-state index >= 15 is 0 Å². The van der Waals surface area contributed by atoms with Crippen molar-refractivity contribution in [3.63, 3.8) is 0 Å². The molecule has 0 unspecified atom stereocenters. The molecule has 0 fully saturated rings. The third kappa shape index (κ3) is 3.58. The predicted molar refractivity (Wildman–Crippen MR) is 165 cm³/mol. The molecule has 7 aromatic rings. The van der Waals surface area contributed by atoms with Gasteiger partial charge in [0, 0.05) is 10.9 Å². The summed E-state index contributed by atoms with van der Waals surface area (Å²) in [5.41, 5.74) is 3.35. The van der Waals surface area contributed by atoms with Gasteiger partial charge in [-0.05, 0) is 85.4 Å². The molecule has 0 saturated heterocycles. The minimum Gasteiger partial charge on any atom is -0.508 e. The number of phenolic OH excluding ortho intramolecular Hbond substituents is 1. The smallest absolute Gasteiger partial charge is 0.135 e. The van der Waals surface area contributed by atoms with Gasteiger partial charge in [-0.25, -0.2) is 0 Å². The molecule has 0 saturated carbocycles. The average molecular weight is 523 g/mol. The molecule has 0 spiro atoms. The van der Waals surface area contributed by atoms with Crippen LogP contribution in [0, 0.1) is 0 Å². The predicted octanol–water partition coefficient (Wildman–Crippen LogP) is 10.5. The van der Waals surface area contributed by atoms with Crippen molar-refractivity contribution in [3.05, 3.63) is 139 Å². The molecule has 0 radical (unpaired) electrons. The van der Waals surface area contributed by atoms with E-state index in [1.807, 2.05) is 66.7 Å². The number of ether oxygens (including phenoxy) is 1. The molecule has 1 aliphatic heterocycles. The maximum Gasteiger partial charge on any atom is 0.135 e. The number of aromatic hydroxyl groups is 1. The van der Waals surface area contributed by atoms with Crippen LogP contribution in [0.3, 0.4) is 0 Å². The van der Waals surface area contributed by atoms with Crippen molar-refractivity contribution < 1.29 is 23.6 Å². The number of rotatable bonds is 3. The molecule has 0 amide bonds. The van der Waals surface area contributed by atoms with Crippen LogP contribution in [0.2, 0.25) is 0 Å². The summed E-state index contributed by atoms with van der Waals surface area (Å²) < 4.78 is 93.4. The normalized spacial score (nSPS) is 15.3. The molecule has 1 N–H and O–H groups in total. The summed E-state index contributed by atoms with van der Waals surface area (Å²) in [6.07, 6.45) is 0. The number of benzene rings is 7. The van der Waals surface area contributed by atoms with Crippen molar-refractivity contribution in [1.82, 2.24) is 0 Å². The van der Waals surface area contributed by atoms with Crippen molar-refractivity contribution in [2.75, 3.05) is 0 Å². The number of fused-ring (bicyclic) bond motifs is 3. The summed E-state index contributed by atoms with van der Waals surface area (Å²) in [5, 5.41) is 11.1. The molecule has 2 nitrogen and oxygen atoms in total. The Morgan fingerprint density at radius 3 is 2.15 bits per heavy atom. The first kappa shape index (κ1) is 14.7. The molecule has 0 aromatic heterocycles. The van der Waals surface area contributed by atoms with Gasteiger partial charge < -0.3 is 9.84 Å². The minimum atomic E-state index is -0.893. The highest BCUT2D eigenvalue weighted by Crippen LogP contribution is 2.49. The maximum atomic E-state index is 10.5. The van der Waals surface area contributed by atoms with Crippen molar-refractivity contribution >= 4 is 21.5 Å². The molecule has 7 aromatic carbocycles. The highest BCUT2D eigenvalue weighted by atomic mass is 16.5. The molecule has 2 heteroatoms. The van der Waals surface area contributed by atoms with Crippen LogP contribution >= 0.6 is 0 Å². The van der Waals surface area contributed by atoms with Crippen LogP contribution in [0.5, 0.6) is 17.2 Å². The second-order valence-electron chi connectivity index (χ2n) is 9.49. The van der Waals surface area contributed by atoms with E-state index in [0.717, 1.165) is 27.6 Å². The topological polar surface area (TPSA) is 29.5 Å². The summed E-state index contributed by atoms with van der Waals surface area (Å²) in [5.74, 6) is 0.346. The lowest BCUT2D eigenvalue weighted by atomic mass is 9.88. The highest BCUT2D eigenvalue weighted by Gasteiger charge is 2.22. The Balaban J connectivity index is 1.36. The number of hydrogen-bond donors (Lipinski definition) is 1. The molecule has 0 aliphatic carbocycles. The van der Waals surface area contributed by atoms with Crippen LogP contribution in [0.25, 0.3) is 66.1 Å². The van der Waals surface area contributed by atoms with Gasteiger partial charge >= 0.3 is 0 Å². The first-order valence-corrected chi connectivity index (χ1v) is 12.7. The standard InChI is InChI=1S/C38H24O2/c39-29-18-16-25-8-4-9-30(35(25)23-29)26-12-14-27(15-13-26)31-20-21-34-32-19-17-28(24-6-2-1-3-7-24)22-37(32)40-36-11-5-10-33(31)38(34)36/h1-23,39H/i4D,8D,9D,12D,13D,14D,15D,16D,18D,23D. The Bertz CT molecular complexity index is 2600. The number of phenols is 1. The van der Waals surface area contributed by atoms with E-state index in [2.05, 4.69) is 0 Å². The van der Waals surface area contributed by atoms with Gasteiger partial charge in [-0.2, -0.15) is 0 Å². The lowest BCUT2D eigenvalue weighted by Gasteiger charge is -2.23. The summed E-state index contributed by atoms with van der Waals surface area (Å²) in [7, 11) is 0. The molecule has 1 aliphatic rings. The van der Waals surface area contributed by atoms with Gasteiger partial charge in [-0.3, -0.25) is 0 Å². The van der Waals surface area contributed by atoms with E-state index in [9.17, 15) is 5.11 Å². The Morgan fingerprint density at radius 2 is 1.30 bits per heavy atom. The fraction of sp³-hybridized carbons (Fsp3) is 0. The van der Waals surface area contributed by atoms with Crippen LogP contribution in [-0.2, 0) is 0 Å². The van der Waals surface area contributed by atoms with Gasteiger partial charge in [0.1, 0.15) is 17.2 Å². The van der Waals surface area contributed by atoms with Crippen LogP contribution in [-0.4, -0.2) is 5.11 Å². The van der Waals surface area contributed by atoms with Crippen LogP contribution in [0.4, 0.5) is 0 Å². The zero-order valence-electron chi connectivity index (χ0n) is 30.9. The second-order valence-corrected chi connectivity index (χ2v) is 9.49. The largest absolute Gasteiger partial charge is 0.508 e. The van der Waals surface area contributed by atoms with Crippen molar-refractivity contribution in [2.24, 2.45) is 0 Å². The van der Waals surface area contributed by atoms with E-state index in [0.29, 0.717) is 22.4 Å². The third-order valence-electron chi connectivity index (χ3n) is 7.17. The van der Waals surface area contributed by atoms with Crippen LogP contribution in [0.15, 0.2) is 139 Å². The van der Waals surface area contributed by atoms with Gasteiger partial charge in [0.05, 0.1) is 13.7 Å². The maximum absolute atomic E-state index is 10.5. The fourth-order valence-corrected chi connectivity index (χ4v) is 5.31. The Morgan fingerprint density at radius 1 is 0.525 bits per heavy atom. The van der Waals surface area contributed by atoms with Crippen molar-refractivity contribution in [1.29, 1.82) is 0 Å². The lowest BCUT2D eigenvalue weighted by molar-refractivity contribution is 0.476. The van der Waals surface area contributed by atoms with E-state index in [-0.39, 0.29) is 16.3 Å². The summed E-state index contributed by atoms with van der Waals surface area (Å²) in [6, 6.07) is 18.9. The molecule has 0 atom stereocenters. The summed E-state index contributed by atoms with van der Waals surface area (Å²) in [4.78, 5) is 0. The third-order valence-corrected chi connectivity index (χ3v) is 7.17. The van der Waals surface area contributed by atoms with Crippen molar-refractivity contribution in [2.45, 2.75) is 0 Å². The fourth-order valence-electron chi connectivity index (χ4n) is 5.31. The molecular formula is C38H24O2. The Kier molecular flexibility index (Phi) is 3.26. The van der Waals surface area contributed by atoms with Gasteiger partial charge in [0.15, 0.2) is 0 Å². The molecule has 188 valence electrons. The quantitative estimate of drug-likeness (QED) is 0.250. The second kappa shape index (κ2) is 8.86. The van der Waals surface area contributed by atoms with E-state index in [1.165, 1.54) is 0 Å². The molecule has 1 heterocycles. The SMILES string of the molecule is [2H]c1c([2H])c(-c2c([2H])c([2H])c([2H])c3c([2H])c([2H])c(O)c([2H])c23)c([2H])c([2H])c1-c1ccc2c3c(cccc13)Oc1cc(-c3ccccc3)ccc1-2.